The van der Waals surface area contributed by atoms with Gasteiger partial charge in [0, 0.05) is 6.04 Å². The number of rotatable bonds is 4. The van der Waals surface area contributed by atoms with Gasteiger partial charge in [0.25, 0.3) is 0 Å². The van der Waals surface area contributed by atoms with E-state index >= 15 is 0 Å². The van der Waals surface area contributed by atoms with Gasteiger partial charge in [0.15, 0.2) is 0 Å². The second-order valence-corrected chi connectivity index (χ2v) is 7.59. The van der Waals surface area contributed by atoms with Crippen LogP contribution in [0.25, 0.3) is 0 Å². The molecule has 0 heterocycles. The molecule has 2 atom stereocenters. The van der Waals surface area contributed by atoms with Gasteiger partial charge >= 0.3 is 0 Å². The zero-order valence-electron chi connectivity index (χ0n) is 12.9. The Morgan fingerprint density at radius 1 is 1.23 bits per heavy atom. The summed E-state index contributed by atoms with van der Waals surface area (Å²) in [6.45, 7) is 3.63. The van der Waals surface area contributed by atoms with E-state index in [2.05, 4.69) is 4.72 Å². The van der Waals surface area contributed by atoms with E-state index in [1.165, 1.54) is 12.1 Å². The number of hydrogen-bond acceptors (Lipinski definition) is 3. The van der Waals surface area contributed by atoms with Crippen molar-refractivity contribution >= 4 is 22.4 Å². The lowest BCUT2D eigenvalue weighted by Gasteiger charge is -2.31. The van der Waals surface area contributed by atoms with Crippen LogP contribution in [0.2, 0.25) is 0 Å². The molecule has 1 aliphatic rings. The highest BCUT2D eigenvalue weighted by atomic mass is 35.5. The summed E-state index contributed by atoms with van der Waals surface area (Å²) in [6.07, 6.45) is 3.85. The lowest BCUT2D eigenvalue weighted by Crippen LogP contribution is -2.44. The van der Waals surface area contributed by atoms with E-state index < -0.39 is 10.0 Å². The molecule has 0 bridgehead atoms. The third kappa shape index (κ3) is 4.19. The highest BCUT2D eigenvalue weighted by Gasteiger charge is 2.29. The summed E-state index contributed by atoms with van der Waals surface area (Å²) in [4.78, 5) is 0.125. The molecule has 0 amide bonds. The maximum atomic E-state index is 13.6. The Labute approximate surface area is 138 Å². The third-order valence-corrected chi connectivity index (χ3v) is 5.71. The summed E-state index contributed by atoms with van der Waals surface area (Å²) in [6, 6.07) is 2.63. The van der Waals surface area contributed by atoms with Gasteiger partial charge in [0.1, 0.15) is 5.82 Å². The van der Waals surface area contributed by atoms with Crippen LogP contribution in [0.15, 0.2) is 17.0 Å². The lowest BCUT2D eigenvalue weighted by molar-refractivity contribution is 0.296. The molecule has 0 saturated heterocycles. The van der Waals surface area contributed by atoms with Gasteiger partial charge in [0.2, 0.25) is 10.0 Å². The van der Waals surface area contributed by atoms with Crippen LogP contribution in [0.5, 0.6) is 0 Å². The zero-order chi connectivity index (χ0) is 15.6. The fourth-order valence-electron chi connectivity index (χ4n) is 2.97. The largest absolute Gasteiger partial charge is 0.330 e. The van der Waals surface area contributed by atoms with E-state index in [4.69, 9.17) is 5.73 Å². The number of sulfonamides is 1. The van der Waals surface area contributed by atoms with Gasteiger partial charge in [0.05, 0.1) is 4.90 Å². The van der Waals surface area contributed by atoms with Crippen LogP contribution in [-0.4, -0.2) is 21.0 Å². The van der Waals surface area contributed by atoms with Crippen molar-refractivity contribution in [1.82, 2.24) is 4.72 Å². The van der Waals surface area contributed by atoms with Crippen molar-refractivity contribution in [3.8, 4) is 0 Å². The SMILES string of the molecule is Cc1cc(S(=O)(=O)NC2CCCCC2CN)cc(C)c1F.Cl. The molecule has 2 rings (SSSR count). The molecule has 0 aromatic heterocycles. The van der Waals surface area contributed by atoms with Crippen LogP contribution in [0.4, 0.5) is 4.39 Å². The standard InChI is InChI=1S/C15H23FN2O2S.ClH/c1-10-7-13(8-11(2)15(10)16)21(19,20)18-14-6-4-3-5-12(14)9-17;/h7-8,12,14,18H,3-6,9,17H2,1-2H3;1H. The van der Waals surface area contributed by atoms with Crippen molar-refractivity contribution in [2.24, 2.45) is 11.7 Å². The van der Waals surface area contributed by atoms with Crippen molar-refractivity contribution in [1.29, 1.82) is 0 Å². The summed E-state index contributed by atoms with van der Waals surface area (Å²) in [5.74, 6) is -0.178. The molecule has 1 aromatic rings. The molecule has 1 fully saturated rings. The van der Waals surface area contributed by atoms with Gasteiger partial charge in [-0.25, -0.2) is 17.5 Å². The Kier molecular flexibility index (Phi) is 6.80. The Morgan fingerprint density at radius 2 is 1.77 bits per heavy atom. The average Bonchev–Trinajstić information content (AvgIpc) is 2.44. The predicted molar refractivity (Wildman–Crippen MR) is 88.2 cm³/mol. The van der Waals surface area contributed by atoms with Gasteiger partial charge in [-0.3, -0.25) is 0 Å². The highest BCUT2D eigenvalue weighted by Crippen LogP contribution is 2.26. The van der Waals surface area contributed by atoms with E-state index in [9.17, 15) is 12.8 Å². The smallest absolute Gasteiger partial charge is 0.240 e. The molecule has 2 unspecified atom stereocenters. The topological polar surface area (TPSA) is 72.2 Å². The first-order valence-electron chi connectivity index (χ1n) is 7.34. The molecule has 22 heavy (non-hydrogen) atoms. The van der Waals surface area contributed by atoms with E-state index in [0.29, 0.717) is 17.7 Å². The molecule has 4 nitrogen and oxygen atoms in total. The molecule has 1 aliphatic carbocycles. The Morgan fingerprint density at radius 3 is 2.32 bits per heavy atom. The first kappa shape index (κ1) is 19.4. The van der Waals surface area contributed by atoms with Crippen LogP contribution >= 0.6 is 12.4 Å². The van der Waals surface area contributed by atoms with Crippen LogP contribution in [-0.2, 0) is 10.0 Å². The minimum atomic E-state index is -3.64. The molecule has 1 saturated carbocycles. The maximum Gasteiger partial charge on any atom is 0.240 e. The van der Waals surface area contributed by atoms with E-state index in [1.807, 2.05) is 0 Å². The molecular weight excluding hydrogens is 327 g/mol. The average molecular weight is 351 g/mol. The second kappa shape index (κ2) is 7.73. The summed E-state index contributed by atoms with van der Waals surface area (Å²) in [5.41, 5.74) is 6.42. The summed E-state index contributed by atoms with van der Waals surface area (Å²) < 4.78 is 41.4. The number of halogens is 2. The Bertz CT molecular complexity index is 599. The number of benzene rings is 1. The molecule has 7 heteroatoms. The zero-order valence-corrected chi connectivity index (χ0v) is 14.6. The number of nitrogens with two attached hydrogens (primary N) is 1. The second-order valence-electron chi connectivity index (χ2n) is 5.88. The van der Waals surface area contributed by atoms with Gasteiger partial charge in [-0.1, -0.05) is 12.8 Å². The molecule has 0 spiro atoms. The minimum absolute atomic E-state index is 0. The monoisotopic (exact) mass is 350 g/mol. The van der Waals surface area contributed by atoms with Crippen LogP contribution in [0, 0.1) is 25.6 Å². The van der Waals surface area contributed by atoms with Crippen LogP contribution in [0.1, 0.15) is 36.8 Å². The van der Waals surface area contributed by atoms with E-state index in [-0.39, 0.29) is 35.1 Å². The number of hydrogen-bond donors (Lipinski definition) is 2. The quantitative estimate of drug-likeness (QED) is 0.876. The fourth-order valence-corrected chi connectivity index (χ4v) is 4.48. The molecule has 126 valence electrons. The van der Waals surface area contributed by atoms with Gasteiger partial charge in [-0.15, -0.1) is 12.4 Å². The minimum Gasteiger partial charge on any atom is -0.330 e. The van der Waals surface area contributed by atoms with Gasteiger partial charge < -0.3 is 5.73 Å². The molecule has 1 aromatic carbocycles. The highest BCUT2D eigenvalue weighted by molar-refractivity contribution is 7.89. The number of nitrogens with one attached hydrogen (secondary N) is 1. The summed E-state index contributed by atoms with van der Waals surface area (Å²) >= 11 is 0. The molecule has 0 aliphatic heterocycles. The van der Waals surface area contributed by atoms with Crippen LogP contribution in [0.3, 0.4) is 0 Å². The lowest BCUT2D eigenvalue weighted by atomic mass is 9.85. The molecule has 3 N–H and O–H groups in total. The summed E-state index contributed by atoms with van der Waals surface area (Å²) in [7, 11) is -3.64. The van der Waals surface area contributed by atoms with E-state index in [1.54, 1.807) is 13.8 Å². The van der Waals surface area contributed by atoms with Crippen molar-refractivity contribution in [2.75, 3.05) is 6.54 Å². The molecular formula is C15H24ClFN2O2S. The van der Waals surface area contributed by atoms with Gasteiger partial charge in [-0.05, 0) is 62.4 Å². The van der Waals surface area contributed by atoms with E-state index in [0.717, 1.165) is 25.7 Å². The molecule has 0 radical (unpaired) electrons. The van der Waals surface area contributed by atoms with Crippen molar-refractivity contribution in [3.63, 3.8) is 0 Å². The van der Waals surface area contributed by atoms with Crippen molar-refractivity contribution in [3.05, 3.63) is 29.1 Å². The fraction of sp³-hybridized carbons (Fsp3) is 0.600. The Balaban J connectivity index is 0.00000242. The maximum absolute atomic E-state index is 13.6. The van der Waals surface area contributed by atoms with Gasteiger partial charge in [-0.2, -0.15) is 0 Å². The Hall–Kier alpha value is -0.690. The first-order chi connectivity index (χ1) is 9.85. The normalized spacial score (nSPS) is 22.2. The van der Waals surface area contributed by atoms with Crippen LogP contribution < -0.4 is 10.5 Å². The van der Waals surface area contributed by atoms with Crippen molar-refractivity contribution in [2.45, 2.75) is 50.5 Å². The summed E-state index contributed by atoms with van der Waals surface area (Å²) in [5, 5.41) is 0. The predicted octanol–water partition coefficient (Wildman–Crippen LogP) is 2.66. The third-order valence-electron chi connectivity index (χ3n) is 4.24. The van der Waals surface area contributed by atoms with Crippen molar-refractivity contribution < 1.29 is 12.8 Å². The number of aryl methyl sites for hydroxylation is 2. The first-order valence-corrected chi connectivity index (χ1v) is 8.82.